The molecule has 6 aliphatic heterocycles. The Labute approximate surface area is 470 Å². The molecule has 1 saturated carbocycles. The lowest BCUT2D eigenvalue weighted by atomic mass is 9.81. The molecule has 24 atom stereocenters. The van der Waals surface area contributed by atoms with Crippen molar-refractivity contribution in [3.8, 4) is 0 Å². The second-order valence-electron chi connectivity index (χ2n) is 23.8. The smallest absolute Gasteiger partial charge is 0.329 e. The molecule has 1 amide bonds. The van der Waals surface area contributed by atoms with Gasteiger partial charge in [-0.2, -0.15) is 0 Å². The molecule has 7 rings (SSSR count). The summed E-state index contributed by atoms with van der Waals surface area (Å²) in [6.45, 7) is 14.5. The average Bonchev–Trinajstić information content (AvgIpc) is 4.05. The topological polar surface area (TPSA) is 300 Å². The van der Waals surface area contributed by atoms with E-state index in [1.807, 2.05) is 45.9 Å². The minimum Gasteiger partial charge on any atom is -0.456 e. The second kappa shape index (κ2) is 28.2. The maximum absolute atomic E-state index is 15.7. The Bertz CT molecular complexity index is 2200. The predicted octanol–water partition coefficient (Wildman–Crippen LogP) is 3.59. The van der Waals surface area contributed by atoms with Gasteiger partial charge in [0, 0.05) is 64.9 Å². The number of hydrogen-bond donors (Lipinski definition) is 6. The van der Waals surface area contributed by atoms with Crippen LogP contribution in [-0.2, 0) is 71.3 Å². The van der Waals surface area contributed by atoms with Crippen LogP contribution < -0.4 is 5.73 Å². The Morgan fingerprint density at radius 2 is 1.41 bits per heavy atom. The molecule has 0 aromatic rings. The number of Topliss-reactive ketones (excluding diaryl/α,β-unsaturated/α-hetero) is 2. The Kier molecular flexibility index (Phi) is 22.7. The maximum atomic E-state index is 15.7. The van der Waals surface area contributed by atoms with Gasteiger partial charge in [0.05, 0.1) is 42.5 Å². The van der Waals surface area contributed by atoms with Crippen LogP contribution in [0.25, 0.3) is 0 Å². The molecule has 0 radical (unpaired) electrons. The molecule has 80 heavy (non-hydrogen) atoms. The average molecular weight is 1140 g/mol. The molecule has 1 unspecified atom stereocenters. The van der Waals surface area contributed by atoms with Crippen molar-refractivity contribution in [3.05, 3.63) is 34.9 Å². The zero-order valence-electron chi connectivity index (χ0n) is 48.6. The molecule has 5 saturated heterocycles. The number of carbonyl (C=O) groups excluding carboxylic acids is 4. The predicted molar refractivity (Wildman–Crippen MR) is 285 cm³/mol. The fraction of sp³-hybridized carbons (Fsp3) is 0.828. The molecule has 0 spiro atoms. The molecule has 454 valence electrons. The Morgan fingerprint density at radius 3 is 2.08 bits per heavy atom. The van der Waals surface area contributed by atoms with Gasteiger partial charge in [-0.1, -0.05) is 57.1 Å². The van der Waals surface area contributed by atoms with Crippen molar-refractivity contribution in [3.63, 3.8) is 0 Å². The normalized spacial score (nSPS) is 45.2. The number of methoxy groups -OCH3 is 3. The van der Waals surface area contributed by atoms with Crippen molar-refractivity contribution in [2.24, 2.45) is 41.2 Å². The molecule has 7 aliphatic rings. The molecule has 22 heteroatoms. The third-order valence-electron chi connectivity index (χ3n) is 17.8. The highest BCUT2D eigenvalue weighted by Crippen LogP contribution is 2.44. The lowest BCUT2D eigenvalue weighted by molar-refractivity contribution is -0.372. The third kappa shape index (κ3) is 14.7. The zero-order valence-corrected chi connectivity index (χ0v) is 48.6. The SMILES string of the molecule is C/C=C(/C)[C@@H]1/C=C(\C)C[C@H](C)C[C@H](OC)[C@H]2O[C@@](O[C@@H]3OC(O[C@H]4O[C@@H](O[C@H]5C[C@H](N)[C@@H](O)O5)[C@@H](O)[C@@H]4C)C[C@H]3O)(C(=O)C(=O)N3CCCC[C@H]3C(=O)O[C@H](/C(C)=C/[C@@H]3CC[C@@H](O)[C@H](OC)C3)[C@H](C)[C@@H](O)CC1=O)[C@H](C)C[C@@H]2OC. The van der Waals surface area contributed by atoms with Crippen LogP contribution >= 0.6 is 0 Å². The number of nitrogens with two attached hydrogens (primary N) is 1. The van der Waals surface area contributed by atoms with E-state index >= 15 is 9.59 Å². The molecule has 6 fully saturated rings. The Hall–Kier alpha value is -3.14. The van der Waals surface area contributed by atoms with Crippen LogP contribution in [0.15, 0.2) is 34.9 Å². The summed E-state index contributed by atoms with van der Waals surface area (Å²) >= 11 is 0. The number of esters is 1. The number of rotatable bonds is 12. The molecular weight excluding hydrogens is 1040 g/mol. The highest BCUT2D eigenvalue weighted by Gasteiger charge is 2.61. The van der Waals surface area contributed by atoms with Crippen molar-refractivity contribution in [1.82, 2.24) is 4.90 Å². The van der Waals surface area contributed by atoms with Crippen LogP contribution in [0.5, 0.6) is 0 Å². The van der Waals surface area contributed by atoms with E-state index in [4.69, 9.17) is 57.8 Å². The summed E-state index contributed by atoms with van der Waals surface area (Å²) in [6.07, 6.45) is -6.92. The van der Waals surface area contributed by atoms with Crippen LogP contribution in [0, 0.1) is 35.5 Å². The van der Waals surface area contributed by atoms with Gasteiger partial charge in [-0.05, 0) is 103 Å². The summed E-state index contributed by atoms with van der Waals surface area (Å²) in [7, 11) is 4.57. The Morgan fingerprint density at radius 1 is 0.738 bits per heavy atom. The zero-order chi connectivity index (χ0) is 58.5. The lowest BCUT2D eigenvalue weighted by Gasteiger charge is -2.49. The fourth-order valence-corrected chi connectivity index (χ4v) is 12.7. The van der Waals surface area contributed by atoms with Crippen LogP contribution in [-0.4, -0.2) is 192 Å². The van der Waals surface area contributed by atoms with Crippen LogP contribution in [0.3, 0.4) is 0 Å². The highest BCUT2D eigenvalue weighted by atomic mass is 16.9. The number of carbonyl (C=O) groups is 4. The van der Waals surface area contributed by atoms with Gasteiger partial charge in [-0.25, -0.2) is 4.79 Å². The number of fused-ring (bicyclic) bond motifs is 3. The van der Waals surface area contributed by atoms with Crippen LogP contribution in [0.2, 0.25) is 0 Å². The minimum absolute atomic E-state index is 0.0149. The molecule has 0 aromatic heterocycles. The molecular formula is C58H92N2O20. The standard InChI is InChI=1S/C58H92N2O20/c1-12-30(4)36-20-28(2)19-29(3)21-44(71-10)50-45(72-11)23-32(6)58(79-50,80-56-42(64)27-47(75-56)74-55-34(8)48(65)57(78-55)76-46-25-37(59)53(68)73-46)51(66)52(67)60-18-14-13-15-38(60)54(69)77-49(33(7)40(62)26-41(36)63)31(5)22-35-16-17-39(61)43(24-35)70-9/h12,20,22,29,32-40,42-50,53,55-57,61-62,64-65,68H,13-19,21,23-27,59H2,1-11H3/b28-20+,30-12-,31-22+/t29-,32+,33+,34-,35-,36-,37-,38-,39+,40-,42+,43+,44-,45-,46-,47?,48-,49+,50+,53-,55-,56-,57+,58-/m0/s1. The second-order valence-corrected chi connectivity index (χ2v) is 23.8. The van der Waals surface area contributed by atoms with Crippen molar-refractivity contribution < 1.29 is 96.8 Å². The van der Waals surface area contributed by atoms with Gasteiger partial charge in [0.1, 0.15) is 36.2 Å². The summed E-state index contributed by atoms with van der Waals surface area (Å²) < 4.78 is 67.3. The summed E-state index contributed by atoms with van der Waals surface area (Å²) in [6, 6.07) is -1.97. The number of hydrogen-bond acceptors (Lipinski definition) is 21. The summed E-state index contributed by atoms with van der Waals surface area (Å²) in [5.41, 5.74) is 8.19. The fourth-order valence-electron chi connectivity index (χ4n) is 12.7. The third-order valence-corrected chi connectivity index (χ3v) is 17.8. The van der Waals surface area contributed by atoms with Gasteiger partial charge in [-0.15, -0.1) is 0 Å². The van der Waals surface area contributed by atoms with Crippen LogP contribution in [0.1, 0.15) is 132 Å². The van der Waals surface area contributed by atoms with Gasteiger partial charge in [0.15, 0.2) is 37.7 Å². The van der Waals surface area contributed by atoms with Crippen molar-refractivity contribution >= 4 is 23.4 Å². The first-order chi connectivity index (χ1) is 37.9. The van der Waals surface area contributed by atoms with Crippen molar-refractivity contribution in [2.45, 2.75) is 243 Å². The monoisotopic (exact) mass is 1140 g/mol. The van der Waals surface area contributed by atoms with E-state index in [9.17, 15) is 35.1 Å². The van der Waals surface area contributed by atoms with E-state index < -0.39 is 152 Å². The number of aliphatic hydroxyl groups is 5. The van der Waals surface area contributed by atoms with Crippen molar-refractivity contribution in [2.75, 3.05) is 27.9 Å². The first-order valence-corrected chi connectivity index (χ1v) is 28.9. The van der Waals surface area contributed by atoms with Gasteiger partial charge < -0.3 is 88.3 Å². The quantitative estimate of drug-likeness (QED) is 0.0924. The molecule has 2 bridgehead atoms. The number of piperidine rings is 1. The van der Waals surface area contributed by atoms with E-state index in [1.54, 1.807) is 34.8 Å². The number of ether oxygens (including phenoxy) is 11. The molecule has 6 heterocycles. The van der Waals surface area contributed by atoms with Crippen molar-refractivity contribution in [1.29, 1.82) is 0 Å². The van der Waals surface area contributed by atoms with E-state index in [1.165, 1.54) is 19.1 Å². The molecule has 22 nitrogen and oxygen atoms in total. The van der Waals surface area contributed by atoms with Gasteiger partial charge in [0.25, 0.3) is 11.7 Å². The Balaban J connectivity index is 1.24. The first kappa shape index (κ1) is 64.4. The number of cyclic esters (lactones) is 1. The first-order valence-electron chi connectivity index (χ1n) is 28.9. The number of aliphatic hydroxyl groups excluding tert-OH is 5. The molecule has 7 N–H and O–H groups in total. The van der Waals surface area contributed by atoms with Gasteiger partial charge in [-0.3, -0.25) is 14.4 Å². The summed E-state index contributed by atoms with van der Waals surface area (Å²) in [4.78, 5) is 61.5. The van der Waals surface area contributed by atoms with Gasteiger partial charge >= 0.3 is 5.97 Å². The largest absolute Gasteiger partial charge is 0.456 e. The van der Waals surface area contributed by atoms with E-state index in [0.717, 1.165) is 11.1 Å². The number of allylic oxidation sites excluding steroid dienone is 5. The van der Waals surface area contributed by atoms with E-state index in [0.29, 0.717) is 50.5 Å². The highest BCUT2D eigenvalue weighted by molar-refractivity contribution is 6.39. The van der Waals surface area contributed by atoms with E-state index in [-0.39, 0.29) is 56.3 Å². The number of nitrogens with zero attached hydrogens (tertiary/aromatic N) is 1. The lowest BCUT2D eigenvalue weighted by Crippen LogP contribution is -2.66. The molecule has 1 aliphatic carbocycles. The van der Waals surface area contributed by atoms with E-state index in [2.05, 4.69) is 0 Å². The number of ketones is 2. The number of amides is 1. The maximum Gasteiger partial charge on any atom is 0.329 e. The summed E-state index contributed by atoms with van der Waals surface area (Å²) in [5.74, 6) is -9.11. The summed E-state index contributed by atoms with van der Waals surface area (Å²) in [5, 5.41) is 55.4. The van der Waals surface area contributed by atoms with Crippen LogP contribution in [0.4, 0.5) is 0 Å². The minimum atomic E-state index is -2.48. The van der Waals surface area contributed by atoms with Gasteiger partial charge in [0.2, 0.25) is 5.79 Å². The molecule has 0 aromatic carbocycles.